The van der Waals surface area contributed by atoms with E-state index in [-0.39, 0.29) is 27.6 Å². The third-order valence-electron chi connectivity index (χ3n) is 3.01. The highest BCUT2D eigenvalue weighted by Gasteiger charge is 2.19. The second kappa shape index (κ2) is 5.75. The lowest BCUT2D eigenvalue weighted by Gasteiger charge is -2.09. The SMILES string of the molecule is CCOC(=O)c1c[nH]c2cc(Br)c(F)c(CC)c2c1=O. The number of aromatic amines is 1. The summed E-state index contributed by atoms with van der Waals surface area (Å²) in [4.78, 5) is 26.9. The zero-order valence-corrected chi connectivity index (χ0v) is 12.6. The van der Waals surface area contributed by atoms with E-state index in [4.69, 9.17) is 4.74 Å². The van der Waals surface area contributed by atoms with Gasteiger partial charge in [-0.15, -0.1) is 0 Å². The lowest BCUT2D eigenvalue weighted by molar-refractivity contribution is 0.0524. The van der Waals surface area contributed by atoms with Gasteiger partial charge in [0, 0.05) is 11.8 Å². The van der Waals surface area contributed by atoms with E-state index in [0.29, 0.717) is 11.9 Å². The lowest BCUT2D eigenvalue weighted by Crippen LogP contribution is -2.19. The summed E-state index contributed by atoms with van der Waals surface area (Å²) in [6.45, 7) is 3.58. The molecular weight excluding hydrogens is 329 g/mol. The number of fused-ring (bicyclic) bond motifs is 1. The van der Waals surface area contributed by atoms with Gasteiger partial charge in [0.15, 0.2) is 0 Å². The summed E-state index contributed by atoms with van der Waals surface area (Å²) < 4.78 is 19.2. The van der Waals surface area contributed by atoms with Gasteiger partial charge in [-0.1, -0.05) is 6.92 Å². The molecule has 1 aromatic heterocycles. The van der Waals surface area contributed by atoms with E-state index in [9.17, 15) is 14.0 Å². The third kappa shape index (κ3) is 2.35. The van der Waals surface area contributed by atoms with Crippen LogP contribution in [-0.2, 0) is 11.2 Å². The van der Waals surface area contributed by atoms with Crippen molar-refractivity contribution >= 4 is 32.8 Å². The molecule has 0 fully saturated rings. The zero-order valence-electron chi connectivity index (χ0n) is 11.0. The van der Waals surface area contributed by atoms with Crippen LogP contribution in [0.4, 0.5) is 4.39 Å². The standard InChI is InChI=1S/C14H13BrFNO3/c1-3-7-11-10(5-9(15)12(7)16)17-6-8(13(11)18)14(19)20-4-2/h5-6H,3-4H2,1-2H3,(H,17,18). The number of esters is 1. The number of carbonyl (C=O) groups excluding carboxylic acids is 1. The van der Waals surface area contributed by atoms with Gasteiger partial charge in [-0.3, -0.25) is 4.79 Å². The average Bonchev–Trinajstić information content (AvgIpc) is 2.41. The molecule has 0 amide bonds. The maximum absolute atomic E-state index is 14.1. The van der Waals surface area contributed by atoms with E-state index in [1.807, 2.05) is 0 Å². The first-order chi connectivity index (χ1) is 9.51. The van der Waals surface area contributed by atoms with Gasteiger partial charge in [0.1, 0.15) is 11.4 Å². The first-order valence-electron chi connectivity index (χ1n) is 6.20. The van der Waals surface area contributed by atoms with Crippen LogP contribution in [0.25, 0.3) is 10.9 Å². The van der Waals surface area contributed by atoms with Crippen molar-refractivity contribution in [2.75, 3.05) is 6.61 Å². The smallest absolute Gasteiger partial charge is 0.343 e. The lowest BCUT2D eigenvalue weighted by atomic mass is 10.0. The third-order valence-corrected chi connectivity index (χ3v) is 3.59. The molecule has 106 valence electrons. The number of halogens is 2. The van der Waals surface area contributed by atoms with Crippen molar-refractivity contribution in [2.24, 2.45) is 0 Å². The molecule has 0 bridgehead atoms. The molecule has 1 aromatic carbocycles. The van der Waals surface area contributed by atoms with Crippen LogP contribution in [0.2, 0.25) is 0 Å². The van der Waals surface area contributed by atoms with Crippen LogP contribution in [0.3, 0.4) is 0 Å². The summed E-state index contributed by atoms with van der Waals surface area (Å²) in [5.74, 6) is -1.19. The molecule has 0 saturated carbocycles. The highest BCUT2D eigenvalue weighted by atomic mass is 79.9. The highest BCUT2D eigenvalue weighted by molar-refractivity contribution is 9.10. The molecule has 1 heterocycles. The summed E-state index contributed by atoms with van der Waals surface area (Å²) in [6.07, 6.45) is 1.64. The van der Waals surface area contributed by atoms with Crippen LogP contribution >= 0.6 is 15.9 Å². The maximum atomic E-state index is 14.1. The molecule has 4 nitrogen and oxygen atoms in total. The van der Waals surface area contributed by atoms with Gasteiger partial charge in [0.25, 0.3) is 0 Å². The minimum atomic E-state index is -0.707. The summed E-state index contributed by atoms with van der Waals surface area (Å²) in [7, 11) is 0. The highest BCUT2D eigenvalue weighted by Crippen LogP contribution is 2.26. The van der Waals surface area contributed by atoms with Crippen molar-refractivity contribution in [3.63, 3.8) is 0 Å². The number of rotatable bonds is 3. The number of pyridine rings is 1. The van der Waals surface area contributed by atoms with Crippen LogP contribution in [0.15, 0.2) is 21.5 Å². The topological polar surface area (TPSA) is 59.2 Å². The second-order valence-electron chi connectivity index (χ2n) is 4.18. The quantitative estimate of drug-likeness (QED) is 0.872. The number of H-pyrrole nitrogens is 1. The summed E-state index contributed by atoms with van der Waals surface area (Å²) in [5, 5.41) is 0.193. The van der Waals surface area contributed by atoms with Crippen LogP contribution < -0.4 is 5.43 Å². The minimum absolute atomic E-state index is 0.115. The Morgan fingerprint density at radius 1 is 1.45 bits per heavy atom. The molecule has 1 N–H and O–H groups in total. The molecule has 2 rings (SSSR count). The zero-order chi connectivity index (χ0) is 14.9. The van der Waals surface area contributed by atoms with Gasteiger partial charge < -0.3 is 9.72 Å². The number of benzene rings is 1. The summed E-state index contributed by atoms with van der Waals surface area (Å²) in [5.41, 5.74) is 0.131. The van der Waals surface area contributed by atoms with Crippen molar-refractivity contribution in [3.8, 4) is 0 Å². The minimum Gasteiger partial charge on any atom is -0.462 e. The Morgan fingerprint density at radius 2 is 2.15 bits per heavy atom. The van der Waals surface area contributed by atoms with Crippen molar-refractivity contribution in [1.82, 2.24) is 4.98 Å². The molecule has 0 radical (unpaired) electrons. The second-order valence-corrected chi connectivity index (χ2v) is 5.03. The molecule has 0 saturated heterocycles. The molecular formula is C14H13BrFNO3. The van der Waals surface area contributed by atoms with Crippen molar-refractivity contribution in [3.05, 3.63) is 43.9 Å². The fourth-order valence-electron chi connectivity index (χ4n) is 2.09. The van der Waals surface area contributed by atoms with Crippen LogP contribution in [0.5, 0.6) is 0 Å². The predicted octanol–water partition coefficient (Wildman–Crippen LogP) is 3.17. The number of carbonyl (C=O) groups is 1. The Labute approximate surface area is 123 Å². The van der Waals surface area contributed by atoms with Crippen molar-refractivity contribution in [2.45, 2.75) is 20.3 Å². The van der Waals surface area contributed by atoms with Gasteiger partial charge in [0.05, 0.1) is 22.0 Å². The fraction of sp³-hybridized carbons (Fsp3) is 0.286. The Hall–Kier alpha value is -1.69. The normalized spacial score (nSPS) is 10.8. The number of aromatic nitrogens is 1. The van der Waals surface area contributed by atoms with E-state index < -0.39 is 17.2 Å². The molecule has 0 aliphatic heterocycles. The first kappa shape index (κ1) is 14.7. The summed E-state index contributed by atoms with van der Waals surface area (Å²) in [6, 6.07) is 1.49. The summed E-state index contributed by atoms with van der Waals surface area (Å²) >= 11 is 3.12. The molecule has 0 unspecified atom stereocenters. The van der Waals surface area contributed by atoms with E-state index in [2.05, 4.69) is 20.9 Å². The van der Waals surface area contributed by atoms with Crippen LogP contribution in [0, 0.1) is 5.82 Å². The number of aryl methyl sites for hydroxylation is 1. The van der Waals surface area contributed by atoms with Gasteiger partial charge >= 0.3 is 5.97 Å². The molecule has 0 aliphatic rings. The number of nitrogens with one attached hydrogen (secondary N) is 1. The monoisotopic (exact) mass is 341 g/mol. The van der Waals surface area contributed by atoms with E-state index in [1.165, 1.54) is 12.3 Å². The number of hydrogen-bond donors (Lipinski definition) is 1. The average molecular weight is 342 g/mol. The predicted molar refractivity (Wildman–Crippen MR) is 77.6 cm³/mol. The molecule has 6 heteroatoms. The molecule has 0 aliphatic carbocycles. The van der Waals surface area contributed by atoms with Gasteiger partial charge in [-0.05, 0) is 35.3 Å². The van der Waals surface area contributed by atoms with E-state index in [0.717, 1.165) is 0 Å². The van der Waals surface area contributed by atoms with Gasteiger partial charge in [0.2, 0.25) is 5.43 Å². The molecule has 0 atom stereocenters. The first-order valence-corrected chi connectivity index (χ1v) is 6.99. The maximum Gasteiger partial charge on any atom is 0.343 e. The van der Waals surface area contributed by atoms with Crippen molar-refractivity contribution in [1.29, 1.82) is 0 Å². The van der Waals surface area contributed by atoms with Crippen LogP contribution in [0.1, 0.15) is 29.8 Å². The van der Waals surface area contributed by atoms with E-state index >= 15 is 0 Å². The Morgan fingerprint density at radius 3 is 2.75 bits per heavy atom. The Bertz CT molecular complexity index is 739. The van der Waals surface area contributed by atoms with Gasteiger partial charge in [-0.2, -0.15) is 0 Å². The molecule has 0 spiro atoms. The number of hydrogen-bond acceptors (Lipinski definition) is 3. The molecule has 20 heavy (non-hydrogen) atoms. The van der Waals surface area contributed by atoms with Crippen LogP contribution in [-0.4, -0.2) is 17.6 Å². The van der Waals surface area contributed by atoms with E-state index in [1.54, 1.807) is 13.8 Å². The number of ether oxygens (including phenoxy) is 1. The van der Waals surface area contributed by atoms with Crippen molar-refractivity contribution < 1.29 is 13.9 Å². The Balaban J connectivity index is 2.81. The van der Waals surface area contributed by atoms with Gasteiger partial charge in [-0.25, -0.2) is 9.18 Å². The fourth-order valence-corrected chi connectivity index (χ4v) is 2.56. The Kier molecular flexibility index (Phi) is 4.23. The molecule has 2 aromatic rings. The largest absolute Gasteiger partial charge is 0.462 e.